The third-order valence-electron chi connectivity index (χ3n) is 7.36. The number of aromatic nitrogens is 2. The van der Waals surface area contributed by atoms with E-state index in [1.807, 2.05) is 0 Å². The van der Waals surface area contributed by atoms with Gasteiger partial charge >= 0.3 is 0 Å². The lowest BCUT2D eigenvalue weighted by atomic mass is 10.0. The van der Waals surface area contributed by atoms with Gasteiger partial charge in [0.05, 0.1) is 11.0 Å². The van der Waals surface area contributed by atoms with Crippen molar-refractivity contribution >= 4 is 43.6 Å². The Balaban J connectivity index is 1.48. The summed E-state index contributed by atoms with van der Waals surface area (Å²) >= 11 is 0. The van der Waals surface area contributed by atoms with Gasteiger partial charge in [0.25, 0.3) is 0 Å². The molecule has 0 aliphatic rings. The molecule has 7 rings (SSSR count). The Morgan fingerprint density at radius 1 is 0.444 bits per heavy atom. The molecular weight excluding hydrogens is 436 g/mol. The van der Waals surface area contributed by atoms with E-state index >= 15 is 0 Å². The van der Waals surface area contributed by atoms with Crippen LogP contribution in [0.3, 0.4) is 0 Å². The lowest BCUT2D eigenvalue weighted by Crippen LogP contribution is -2.21. The molecule has 2 heterocycles. The molecule has 0 atom stereocenters. The van der Waals surface area contributed by atoms with Crippen LogP contribution in [-0.2, 0) is 5.54 Å². The molecule has 174 valence electrons. The highest BCUT2D eigenvalue weighted by atomic mass is 15.0. The second-order valence-corrected chi connectivity index (χ2v) is 10.7. The zero-order valence-corrected chi connectivity index (χ0v) is 20.9. The first kappa shape index (κ1) is 21.0. The van der Waals surface area contributed by atoms with Crippen molar-refractivity contribution in [1.82, 2.24) is 9.13 Å². The molecule has 36 heavy (non-hydrogen) atoms. The number of fused-ring (bicyclic) bond motifs is 6. The number of rotatable bonds is 2. The molecule has 0 saturated heterocycles. The Morgan fingerprint density at radius 2 is 0.917 bits per heavy atom. The molecular formula is C34H28N2. The fourth-order valence-corrected chi connectivity index (χ4v) is 5.88. The first-order valence-electron chi connectivity index (χ1n) is 12.6. The van der Waals surface area contributed by atoms with Crippen LogP contribution in [0.1, 0.15) is 20.8 Å². The predicted molar refractivity (Wildman–Crippen MR) is 154 cm³/mol. The molecule has 0 N–H and O–H groups in total. The van der Waals surface area contributed by atoms with Crippen molar-refractivity contribution in [2.75, 3.05) is 0 Å². The molecule has 2 aromatic heterocycles. The van der Waals surface area contributed by atoms with Crippen molar-refractivity contribution < 1.29 is 0 Å². The van der Waals surface area contributed by atoms with Gasteiger partial charge in [-0.3, -0.25) is 0 Å². The van der Waals surface area contributed by atoms with Crippen LogP contribution >= 0.6 is 0 Å². The number of hydrogen-bond acceptors (Lipinski definition) is 0. The zero-order valence-electron chi connectivity index (χ0n) is 20.9. The topological polar surface area (TPSA) is 9.86 Å². The van der Waals surface area contributed by atoms with Crippen molar-refractivity contribution in [2.45, 2.75) is 26.3 Å². The standard InChI is InChI=1S/C34H28N2/c1-34(2,3)36-32-16-10-8-14-27(32)29-22-24(18-20-33(29)36)23-17-19-31-28(21-23)26-13-7-9-15-30(26)35(31)25-11-5-4-6-12-25/h4-22H,1-3H3. The SMILES string of the molecule is CC(C)(C)n1c2ccccc2c2cc(-c3ccc4c(c3)c3ccccc3n4-c3ccccc3)ccc21. The summed E-state index contributed by atoms with van der Waals surface area (Å²) in [6.45, 7) is 6.84. The van der Waals surface area contributed by atoms with Gasteiger partial charge in [-0.1, -0.05) is 66.7 Å². The Hall–Kier alpha value is -4.30. The Bertz CT molecular complexity index is 1910. The van der Waals surface area contributed by atoms with Crippen LogP contribution < -0.4 is 0 Å². The Kier molecular flexibility index (Phi) is 4.44. The van der Waals surface area contributed by atoms with E-state index in [4.69, 9.17) is 0 Å². The summed E-state index contributed by atoms with van der Waals surface area (Å²) in [6.07, 6.45) is 0. The minimum atomic E-state index is 0.00104. The van der Waals surface area contributed by atoms with Gasteiger partial charge in [0.15, 0.2) is 0 Å². The van der Waals surface area contributed by atoms with Crippen LogP contribution in [0.15, 0.2) is 115 Å². The van der Waals surface area contributed by atoms with Crippen LogP contribution in [0.5, 0.6) is 0 Å². The second kappa shape index (κ2) is 7.60. The summed E-state index contributed by atoms with van der Waals surface area (Å²) in [5.74, 6) is 0. The molecule has 0 bridgehead atoms. The molecule has 0 amide bonds. The van der Waals surface area contributed by atoms with E-state index in [-0.39, 0.29) is 5.54 Å². The van der Waals surface area contributed by atoms with Crippen LogP contribution in [-0.4, -0.2) is 9.13 Å². The summed E-state index contributed by atoms with van der Waals surface area (Å²) < 4.78 is 4.84. The van der Waals surface area contributed by atoms with E-state index in [0.717, 1.165) is 0 Å². The number of hydrogen-bond donors (Lipinski definition) is 0. The van der Waals surface area contributed by atoms with E-state index < -0.39 is 0 Å². The average Bonchev–Trinajstić information content (AvgIpc) is 3.41. The third-order valence-corrected chi connectivity index (χ3v) is 7.36. The molecule has 0 radical (unpaired) electrons. The summed E-state index contributed by atoms with van der Waals surface area (Å²) in [6, 6.07) is 42.0. The van der Waals surface area contributed by atoms with Gasteiger partial charge in [-0.2, -0.15) is 0 Å². The minimum Gasteiger partial charge on any atom is -0.335 e. The van der Waals surface area contributed by atoms with Crippen molar-refractivity contribution in [3.8, 4) is 16.8 Å². The average molecular weight is 465 g/mol. The lowest BCUT2D eigenvalue weighted by molar-refractivity contribution is 0.423. The van der Waals surface area contributed by atoms with Crippen LogP contribution in [0.4, 0.5) is 0 Å². The highest BCUT2D eigenvalue weighted by Gasteiger charge is 2.21. The molecule has 0 spiro atoms. The fourth-order valence-electron chi connectivity index (χ4n) is 5.88. The van der Waals surface area contributed by atoms with Crippen LogP contribution in [0.2, 0.25) is 0 Å². The van der Waals surface area contributed by atoms with E-state index in [1.54, 1.807) is 0 Å². The highest BCUT2D eigenvalue weighted by Crippen LogP contribution is 2.38. The third kappa shape index (κ3) is 3.04. The quantitative estimate of drug-likeness (QED) is 0.241. The first-order valence-corrected chi connectivity index (χ1v) is 12.6. The maximum Gasteiger partial charge on any atom is 0.0541 e. The largest absolute Gasteiger partial charge is 0.335 e. The van der Waals surface area contributed by atoms with Gasteiger partial charge in [-0.05, 0) is 80.4 Å². The molecule has 5 aromatic carbocycles. The summed E-state index contributed by atoms with van der Waals surface area (Å²) in [7, 11) is 0. The predicted octanol–water partition coefficient (Wildman–Crippen LogP) is 9.31. The van der Waals surface area contributed by atoms with Gasteiger partial charge < -0.3 is 9.13 Å². The maximum absolute atomic E-state index is 2.47. The normalized spacial score (nSPS) is 12.3. The van der Waals surface area contributed by atoms with Gasteiger partial charge in [-0.15, -0.1) is 0 Å². The number of para-hydroxylation sites is 3. The maximum atomic E-state index is 2.47. The molecule has 2 nitrogen and oxygen atoms in total. The smallest absolute Gasteiger partial charge is 0.0541 e. The van der Waals surface area contributed by atoms with Crippen molar-refractivity contribution in [3.05, 3.63) is 115 Å². The van der Waals surface area contributed by atoms with Gasteiger partial charge in [-0.25, -0.2) is 0 Å². The van der Waals surface area contributed by atoms with Gasteiger partial charge in [0.2, 0.25) is 0 Å². The van der Waals surface area contributed by atoms with E-state index in [1.165, 1.54) is 60.4 Å². The summed E-state index contributed by atoms with van der Waals surface area (Å²) in [4.78, 5) is 0. The monoisotopic (exact) mass is 464 g/mol. The van der Waals surface area contributed by atoms with Crippen LogP contribution in [0, 0.1) is 0 Å². The van der Waals surface area contributed by atoms with Crippen LogP contribution in [0.25, 0.3) is 60.4 Å². The van der Waals surface area contributed by atoms with Gasteiger partial charge in [0.1, 0.15) is 0 Å². The van der Waals surface area contributed by atoms with E-state index in [0.29, 0.717) is 0 Å². The minimum absolute atomic E-state index is 0.00104. The van der Waals surface area contributed by atoms with Gasteiger partial charge in [0, 0.05) is 43.8 Å². The lowest BCUT2D eigenvalue weighted by Gasteiger charge is -2.24. The van der Waals surface area contributed by atoms with Crippen molar-refractivity contribution in [1.29, 1.82) is 0 Å². The van der Waals surface area contributed by atoms with Crippen molar-refractivity contribution in [2.24, 2.45) is 0 Å². The molecule has 2 heteroatoms. The molecule has 0 saturated carbocycles. The van der Waals surface area contributed by atoms with E-state index in [2.05, 4.69) is 145 Å². The molecule has 7 aromatic rings. The fraction of sp³-hybridized carbons (Fsp3) is 0.118. The molecule has 0 unspecified atom stereocenters. The van der Waals surface area contributed by atoms with E-state index in [9.17, 15) is 0 Å². The Morgan fingerprint density at radius 3 is 1.58 bits per heavy atom. The highest BCUT2D eigenvalue weighted by molar-refractivity contribution is 6.12. The summed E-state index contributed by atoms with van der Waals surface area (Å²) in [5, 5.41) is 5.18. The second-order valence-electron chi connectivity index (χ2n) is 10.7. The summed E-state index contributed by atoms with van der Waals surface area (Å²) in [5.41, 5.74) is 8.73. The zero-order chi connectivity index (χ0) is 24.4. The first-order chi connectivity index (χ1) is 17.5. The molecule has 0 fully saturated rings. The number of benzene rings is 5. The molecule has 0 aliphatic heterocycles. The van der Waals surface area contributed by atoms with Crippen molar-refractivity contribution in [3.63, 3.8) is 0 Å². The Labute approximate surface area is 211 Å². The number of nitrogens with zero attached hydrogens (tertiary/aromatic N) is 2. The molecule has 0 aliphatic carbocycles.